The number of benzene rings is 1. The molecule has 0 unspecified atom stereocenters. The van der Waals surface area contributed by atoms with Crippen LogP contribution in [-0.4, -0.2) is 16.8 Å². The molecule has 1 aliphatic heterocycles. The standard InChI is InChI=1S/C13H8N2O3S/c1-2-10-11(17-7-16-10)5-8(1)18-13-12-9(3-4-19-12)14-6-15-13/h1-6H,7H2. The van der Waals surface area contributed by atoms with Crippen molar-refractivity contribution in [3.05, 3.63) is 36.0 Å². The predicted octanol–water partition coefficient (Wildman–Crippen LogP) is 3.21. The van der Waals surface area contributed by atoms with E-state index in [2.05, 4.69) is 9.97 Å². The molecule has 0 aliphatic carbocycles. The second-order valence-electron chi connectivity index (χ2n) is 3.93. The molecule has 0 N–H and O–H groups in total. The molecule has 0 fully saturated rings. The number of thiophene rings is 1. The molecule has 1 aromatic carbocycles. The van der Waals surface area contributed by atoms with E-state index in [1.54, 1.807) is 17.4 Å². The third-order valence-corrected chi connectivity index (χ3v) is 3.66. The van der Waals surface area contributed by atoms with Gasteiger partial charge >= 0.3 is 0 Å². The fourth-order valence-electron chi connectivity index (χ4n) is 1.89. The lowest BCUT2D eigenvalue weighted by Gasteiger charge is -2.05. The second-order valence-corrected chi connectivity index (χ2v) is 4.85. The maximum atomic E-state index is 5.80. The highest BCUT2D eigenvalue weighted by Crippen LogP contribution is 2.37. The van der Waals surface area contributed by atoms with E-state index in [4.69, 9.17) is 14.2 Å². The fraction of sp³-hybridized carbons (Fsp3) is 0.0769. The molecule has 1 aliphatic rings. The lowest BCUT2D eigenvalue weighted by atomic mass is 10.3. The summed E-state index contributed by atoms with van der Waals surface area (Å²) < 4.78 is 17.3. The number of hydrogen-bond acceptors (Lipinski definition) is 6. The van der Waals surface area contributed by atoms with E-state index in [-0.39, 0.29) is 6.79 Å². The van der Waals surface area contributed by atoms with Crippen molar-refractivity contribution in [2.75, 3.05) is 6.79 Å². The Labute approximate surface area is 112 Å². The Morgan fingerprint density at radius 2 is 2.05 bits per heavy atom. The molecule has 2 aromatic heterocycles. The first-order valence-electron chi connectivity index (χ1n) is 5.66. The molecule has 3 aromatic rings. The van der Waals surface area contributed by atoms with Gasteiger partial charge in [0.25, 0.3) is 0 Å². The summed E-state index contributed by atoms with van der Waals surface area (Å²) in [5.74, 6) is 2.64. The molecular weight excluding hydrogens is 264 g/mol. The first-order valence-corrected chi connectivity index (χ1v) is 6.54. The van der Waals surface area contributed by atoms with Crippen LogP contribution in [0.5, 0.6) is 23.1 Å². The molecule has 3 heterocycles. The van der Waals surface area contributed by atoms with Crippen molar-refractivity contribution in [3.8, 4) is 23.1 Å². The molecule has 0 saturated heterocycles. The summed E-state index contributed by atoms with van der Waals surface area (Å²) in [6, 6.07) is 7.39. The Morgan fingerprint density at radius 3 is 3.05 bits per heavy atom. The number of nitrogens with zero attached hydrogens (tertiary/aromatic N) is 2. The Balaban J connectivity index is 1.73. The highest BCUT2D eigenvalue weighted by molar-refractivity contribution is 7.17. The second kappa shape index (κ2) is 4.10. The van der Waals surface area contributed by atoms with E-state index in [1.807, 2.05) is 23.6 Å². The molecule has 5 nitrogen and oxygen atoms in total. The first kappa shape index (κ1) is 10.6. The van der Waals surface area contributed by atoms with Crippen LogP contribution in [0.3, 0.4) is 0 Å². The Kier molecular flexibility index (Phi) is 2.28. The van der Waals surface area contributed by atoms with Gasteiger partial charge in [-0.05, 0) is 23.6 Å². The van der Waals surface area contributed by atoms with E-state index in [0.717, 1.165) is 16.0 Å². The average molecular weight is 272 g/mol. The van der Waals surface area contributed by atoms with E-state index in [1.165, 1.54) is 6.33 Å². The zero-order chi connectivity index (χ0) is 12.7. The van der Waals surface area contributed by atoms with E-state index in [0.29, 0.717) is 17.4 Å². The van der Waals surface area contributed by atoms with Gasteiger partial charge in [-0.15, -0.1) is 11.3 Å². The van der Waals surface area contributed by atoms with Gasteiger partial charge in [-0.25, -0.2) is 9.97 Å². The molecule has 0 bridgehead atoms. The summed E-state index contributed by atoms with van der Waals surface area (Å²) in [4.78, 5) is 8.35. The Morgan fingerprint density at radius 1 is 1.11 bits per heavy atom. The van der Waals surface area contributed by atoms with E-state index >= 15 is 0 Å². The third kappa shape index (κ3) is 1.77. The maximum absolute atomic E-state index is 5.80. The van der Waals surface area contributed by atoms with Crippen LogP contribution in [0.25, 0.3) is 10.2 Å². The summed E-state index contributed by atoms with van der Waals surface area (Å²) in [5.41, 5.74) is 0.885. The summed E-state index contributed by atoms with van der Waals surface area (Å²) in [5, 5.41) is 1.96. The Bertz CT molecular complexity index is 756. The van der Waals surface area contributed by atoms with Crippen LogP contribution in [-0.2, 0) is 0 Å². The molecule has 6 heteroatoms. The summed E-state index contributed by atoms with van der Waals surface area (Å²) in [7, 11) is 0. The van der Waals surface area contributed by atoms with Crippen molar-refractivity contribution in [1.29, 1.82) is 0 Å². The van der Waals surface area contributed by atoms with Gasteiger partial charge in [0.15, 0.2) is 11.5 Å². The van der Waals surface area contributed by atoms with Crippen LogP contribution in [0.15, 0.2) is 36.0 Å². The zero-order valence-corrected chi connectivity index (χ0v) is 10.5. The molecule has 0 saturated carbocycles. The Hall–Kier alpha value is -2.34. The van der Waals surface area contributed by atoms with Crippen molar-refractivity contribution in [2.45, 2.75) is 0 Å². The monoisotopic (exact) mass is 272 g/mol. The van der Waals surface area contributed by atoms with Crippen LogP contribution in [0, 0.1) is 0 Å². The van der Waals surface area contributed by atoms with Gasteiger partial charge in [0.05, 0.1) is 5.52 Å². The minimum absolute atomic E-state index is 0.251. The summed E-state index contributed by atoms with van der Waals surface area (Å²) in [6.07, 6.45) is 1.50. The summed E-state index contributed by atoms with van der Waals surface area (Å²) >= 11 is 1.55. The van der Waals surface area contributed by atoms with Crippen molar-refractivity contribution in [2.24, 2.45) is 0 Å². The predicted molar refractivity (Wildman–Crippen MR) is 70.1 cm³/mol. The molecular formula is C13H8N2O3S. The van der Waals surface area contributed by atoms with E-state index < -0.39 is 0 Å². The third-order valence-electron chi connectivity index (χ3n) is 2.77. The fourth-order valence-corrected chi connectivity index (χ4v) is 2.66. The van der Waals surface area contributed by atoms with Crippen LogP contribution in [0.4, 0.5) is 0 Å². The van der Waals surface area contributed by atoms with Gasteiger partial charge in [-0.2, -0.15) is 0 Å². The smallest absolute Gasteiger partial charge is 0.240 e. The van der Waals surface area contributed by atoms with Crippen molar-refractivity contribution in [1.82, 2.24) is 9.97 Å². The zero-order valence-electron chi connectivity index (χ0n) is 9.70. The number of fused-ring (bicyclic) bond motifs is 2. The average Bonchev–Trinajstić information content (AvgIpc) is 3.06. The van der Waals surface area contributed by atoms with Gasteiger partial charge < -0.3 is 14.2 Å². The SMILES string of the molecule is c1nc(Oc2ccc3c(c2)OCO3)c2sccc2n1. The minimum atomic E-state index is 0.251. The number of ether oxygens (including phenoxy) is 3. The summed E-state index contributed by atoms with van der Waals surface area (Å²) in [6.45, 7) is 0.251. The largest absolute Gasteiger partial charge is 0.454 e. The van der Waals surface area contributed by atoms with Crippen LogP contribution in [0.1, 0.15) is 0 Å². The maximum Gasteiger partial charge on any atom is 0.240 e. The molecule has 0 amide bonds. The normalized spacial score (nSPS) is 12.8. The van der Waals surface area contributed by atoms with Gasteiger partial charge in [-0.3, -0.25) is 0 Å². The van der Waals surface area contributed by atoms with Crippen molar-refractivity contribution >= 4 is 21.6 Å². The van der Waals surface area contributed by atoms with Crippen LogP contribution < -0.4 is 14.2 Å². The van der Waals surface area contributed by atoms with Gasteiger partial charge in [-0.1, -0.05) is 0 Å². The van der Waals surface area contributed by atoms with Gasteiger partial charge in [0.2, 0.25) is 12.7 Å². The quantitative estimate of drug-likeness (QED) is 0.717. The van der Waals surface area contributed by atoms with Crippen molar-refractivity contribution < 1.29 is 14.2 Å². The molecule has 0 spiro atoms. The minimum Gasteiger partial charge on any atom is -0.454 e. The molecule has 94 valence electrons. The highest BCUT2D eigenvalue weighted by atomic mass is 32.1. The molecule has 4 rings (SSSR count). The van der Waals surface area contributed by atoms with Gasteiger partial charge in [0.1, 0.15) is 16.8 Å². The van der Waals surface area contributed by atoms with Gasteiger partial charge in [0, 0.05) is 6.07 Å². The number of aromatic nitrogens is 2. The lowest BCUT2D eigenvalue weighted by molar-refractivity contribution is 0.174. The molecule has 0 atom stereocenters. The van der Waals surface area contributed by atoms with Crippen LogP contribution >= 0.6 is 11.3 Å². The number of rotatable bonds is 2. The molecule has 19 heavy (non-hydrogen) atoms. The molecule has 0 radical (unpaired) electrons. The lowest BCUT2D eigenvalue weighted by Crippen LogP contribution is -1.93. The first-order chi connectivity index (χ1) is 9.40. The van der Waals surface area contributed by atoms with Crippen molar-refractivity contribution in [3.63, 3.8) is 0 Å². The topological polar surface area (TPSA) is 53.5 Å². The number of hydrogen-bond donors (Lipinski definition) is 0. The van der Waals surface area contributed by atoms with E-state index in [9.17, 15) is 0 Å². The van der Waals surface area contributed by atoms with Crippen LogP contribution in [0.2, 0.25) is 0 Å². The highest BCUT2D eigenvalue weighted by Gasteiger charge is 2.15.